The monoisotopic (exact) mass is 354 g/mol. The summed E-state index contributed by atoms with van der Waals surface area (Å²) in [5, 5.41) is 0. The number of methoxy groups -OCH3 is 2. The number of hydrogen-bond acceptors (Lipinski definition) is 4. The first kappa shape index (κ1) is 19.5. The van der Waals surface area contributed by atoms with Gasteiger partial charge in [-0.15, -0.1) is 0 Å². The number of carbonyl (C=O) groups is 1. The lowest BCUT2D eigenvalue weighted by Crippen LogP contribution is -2.37. The summed E-state index contributed by atoms with van der Waals surface area (Å²) >= 11 is 0. The minimum Gasteiger partial charge on any atom is -0.493 e. The number of pyridine rings is 1. The summed E-state index contributed by atoms with van der Waals surface area (Å²) < 4.78 is 10.6. The van der Waals surface area contributed by atoms with Gasteiger partial charge in [0.25, 0.3) is 0 Å². The predicted octanol–water partition coefficient (Wildman–Crippen LogP) is 3.59. The van der Waals surface area contributed by atoms with Gasteiger partial charge in [0.15, 0.2) is 11.5 Å². The fourth-order valence-corrected chi connectivity index (χ4v) is 2.65. The number of hydrogen-bond donors (Lipinski definition) is 0. The first-order valence-corrected chi connectivity index (χ1v) is 8.64. The summed E-state index contributed by atoms with van der Waals surface area (Å²) in [5.41, 5.74) is 2.00. The minimum absolute atomic E-state index is 0.00988. The number of benzene rings is 1. The van der Waals surface area contributed by atoms with E-state index in [0.29, 0.717) is 18.0 Å². The van der Waals surface area contributed by atoms with Crippen molar-refractivity contribution < 1.29 is 14.3 Å². The van der Waals surface area contributed by atoms with Crippen LogP contribution in [0.5, 0.6) is 11.5 Å². The van der Waals surface area contributed by atoms with E-state index in [2.05, 4.69) is 4.98 Å². The number of rotatable bonds is 8. The predicted molar refractivity (Wildman–Crippen MR) is 103 cm³/mol. The van der Waals surface area contributed by atoms with Gasteiger partial charge in [0, 0.05) is 31.1 Å². The Kier molecular flexibility index (Phi) is 7.21. The van der Waals surface area contributed by atoms with Crippen molar-refractivity contribution in [2.45, 2.75) is 26.3 Å². The summed E-state index contributed by atoms with van der Waals surface area (Å²) in [6, 6.07) is 9.71. The van der Waals surface area contributed by atoms with Crippen molar-refractivity contribution in [1.82, 2.24) is 9.88 Å². The van der Waals surface area contributed by atoms with E-state index >= 15 is 0 Å². The third kappa shape index (κ3) is 5.34. The van der Waals surface area contributed by atoms with Crippen molar-refractivity contribution in [1.29, 1.82) is 0 Å². The maximum Gasteiger partial charge on any atom is 0.246 e. The Morgan fingerprint density at radius 1 is 1.19 bits per heavy atom. The zero-order valence-corrected chi connectivity index (χ0v) is 15.8. The Morgan fingerprint density at radius 3 is 2.58 bits per heavy atom. The molecule has 0 fully saturated rings. The molecule has 0 radical (unpaired) electrons. The van der Waals surface area contributed by atoms with Crippen LogP contribution in [-0.4, -0.2) is 42.6 Å². The molecule has 1 aromatic carbocycles. The molecule has 0 saturated heterocycles. The molecule has 2 aromatic rings. The van der Waals surface area contributed by atoms with Crippen LogP contribution in [0.2, 0.25) is 0 Å². The average molecular weight is 354 g/mol. The maximum absolute atomic E-state index is 12.6. The van der Waals surface area contributed by atoms with Crippen molar-refractivity contribution in [3.63, 3.8) is 0 Å². The topological polar surface area (TPSA) is 51.7 Å². The molecule has 1 aromatic heterocycles. The Labute approximate surface area is 155 Å². The van der Waals surface area contributed by atoms with Crippen LogP contribution >= 0.6 is 0 Å². The minimum atomic E-state index is -0.00988. The van der Waals surface area contributed by atoms with Gasteiger partial charge in [0.2, 0.25) is 5.91 Å². The van der Waals surface area contributed by atoms with Gasteiger partial charge < -0.3 is 14.4 Å². The smallest absolute Gasteiger partial charge is 0.246 e. The van der Waals surface area contributed by atoms with Gasteiger partial charge in [-0.2, -0.15) is 0 Å². The van der Waals surface area contributed by atoms with Gasteiger partial charge in [-0.05, 0) is 55.7 Å². The van der Waals surface area contributed by atoms with Gasteiger partial charge in [-0.3, -0.25) is 9.78 Å². The third-order valence-electron chi connectivity index (χ3n) is 4.10. The molecule has 0 bridgehead atoms. The molecule has 0 unspecified atom stereocenters. The molecule has 1 amide bonds. The van der Waals surface area contributed by atoms with Gasteiger partial charge in [-0.25, -0.2) is 0 Å². The van der Waals surface area contributed by atoms with E-state index in [4.69, 9.17) is 9.47 Å². The molecule has 1 heterocycles. The van der Waals surface area contributed by atoms with Crippen LogP contribution in [0, 0.1) is 0 Å². The van der Waals surface area contributed by atoms with Gasteiger partial charge in [-0.1, -0.05) is 12.1 Å². The largest absolute Gasteiger partial charge is 0.493 e. The number of amides is 1. The fraction of sp³-hybridized carbons (Fsp3) is 0.333. The van der Waals surface area contributed by atoms with Crippen molar-refractivity contribution >= 4 is 12.0 Å². The highest BCUT2D eigenvalue weighted by molar-refractivity contribution is 5.91. The van der Waals surface area contributed by atoms with Crippen LogP contribution in [0.3, 0.4) is 0 Å². The Hall–Kier alpha value is -2.82. The fourth-order valence-electron chi connectivity index (χ4n) is 2.65. The van der Waals surface area contributed by atoms with Gasteiger partial charge >= 0.3 is 0 Å². The molecule has 138 valence electrons. The number of carbonyl (C=O) groups excluding carboxylic acids is 1. The number of aromatic nitrogens is 1. The van der Waals surface area contributed by atoms with Gasteiger partial charge in [0.1, 0.15) is 0 Å². The quantitative estimate of drug-likeness (QED) is 0.680. The van der Waals surface area contributed by atoms with Crippen molar-refractivity contribution in [2.75, 3.05) is 20.8 Å². The summed E-state index contributed by atoms with van der Waals surface area (Å²) in [5.74, 6) is 1.39. The molecule has 0 N–H and O–H groups in total. The van der Waals surface area contributed by atoms with Crippen LogP contribution in [0.15, 0.2) is 48.8 Å². The van der Waals surface area contributed by atoms with E-state index in [1.807, 2.05) is 49.1 Å². The van der Waals surface area contributed by atoms with Crippen molar-refractivity contribution in [3.05, 3.63) is 59.9 Å². The lowest BCUT2D eigenvalue weighted by molar-refractivity contribution is -0.127. The molecule has 2 rings (SSSR count). The van der Waals surface area contributed by atoms with E-state index in [9.17, 15) is 4.79 Å². The zero-order chi connectivity index (χ0) is 18.9. The molecule has 26 heavy (non-hydrogen) atoms. The van der Waals surface area contributed by atoms with Crippen LogP contribution in [0.1, 0.15) is 25.0 Å². The van der Waals surface area contributed by atoms with Crippen LogP contribution in [0.25, 0.3) is 6.08 Å². The van der Waals surface area contributed by atoms with Crippen molar-refractivity contribution in [2.24, 2.45) is 0 Å². The summed E-state index contributed by atoms with van der Waals surface area (Å²) in [4.78, 5) is 18.5. The normalized spacial score (nSPS) is 11.0. The number of nitrogens with zero attached hydrogens (tertiary/aromatic N) is 2. The molecule has 0 atom stereocenters. The molecule has 0 aliphatic carbocycles. The molecule has 0 saturated carbocycles. The van der Waals surface area contributed by atoms with Crippen LogP contribution in [-0.2, 0) is 11.2 Å². The SMILES string of the molecule is COc1ccc(CCN(C(=O)/C=C/c2cccnc2)C(C)C)cc1OC. The third-order valence-corrected chi connectivity index (χ3v) is 4.10. The molecular weight excluding hydrogens is 328 g/mol. The highest BCUT2D eigenvalue weighted by Crippen LogP contribution is 2.27. The Bertz CT molecular complexity index is 742. The van der Waals surface area contributed by atoms with Gasteiger partial charge in [0.05, 0.1) is 14.2 Å². The molecule has 5 heteroatoms. The maximum atomic E-state index is 12.6. The molecule has 5 nitrogen and oxygen atoms in total. The zero-order valence-electron chi connectivity index (χ0n) is 15.8. The Balaban J connectivity index is 2.04. The van der Waals surface area contributed by atoms with E-state index in [1.54, 1.807) is 38.8 Å². The first-order chi connectivity index (χ1) is 12.5. The average Bonchev–Trinajstić information content (AvgIpc) is 2.66. The van der Waals surface area contributed by atoms with Crippen LogP contribution < -0.4 is 9.47 Å². The van der Waals surface area contributed by atoms with E-state index in [-0.39, 0.29) is 11.9 Å². The lowest BCUT2D eigenvalue weighted by atomic mass is 10.1. The standard InChI is InChI=1S/C21H26N2O3/c1-16(2)23(21(24)10-8-18-6-5-12-22-15-18)13-11-17-7-9-19(25-3)20(14-17)26-4/h5-10,12,14-16H,11,13H2,1-4H3/b10-8+. The molecular formula is C21H26N2O3. The summed E-state index contributed by atoms with van der Waals surface area (Å²) in [6.45, 7) is 4.66. The highest BCUT2D eigenvalue weighted by Gasteiger charge is 2.15. The van der Waals surface area contributed by atoms with Crippen molar-refractivity contribution in [3.8, 4) is 11.5 Å². The molecule has 0 spiro atoms. The second-order valence-electron chi connectivity index (χ2n) is 6.18. The van der Waals surface area contributed by atoms with E-state index < -0.39 is 0 Å². The number of ether oxygens (including phenoxy) is 2. The first-order valence-electron chi connectivity index (χ1n) is 8.64. The second kappa shape index (κ2) is 9.61. The summed E-state index contributed by atoms with van der Waals surface area (Å²) in [6.07, 6.45) is 7.58. The molecule has 0 aliphatic rings. The second-order valence-corrected chi connectivity index (χ2v) is 6.18. The van der Waals surface area contributed by atoms with E-state index in [1.165, 1.54) is 0 Å². The summed E-state index contributed by atoms with van der Waals surface area (Å²) in [7, 11) is 3.24. The highest BCUT2D eigenvalue weighted by atomic mass is 16.5. The van der Waals surface area contributed by atoms with E-state index in [0.717, 1.165) is 17.5 Å². The Morgan fingerprint density at radius 2 is 1.96 bits per heavy atom. The lowest BCUT2D eigenvalue weighted by Gasteiger charge is -2.25. The molecule has 0 aliphatic heterocycles. The van der Waals surface area contributed by atoms with Crippen LogP contribution in [0.4, 0.5) is 0 Å².